The zero-order chi connectivity index (χ0) is 16.4. The Hall–Kier alpha value is -1.79. The van der Waals surface area contributed by atoms with Gasteiger partial charge in [-0.3, -0.25) is 10.1 Å². The van der Waals surface area contributed by atoms with E-state index in [9.17, 15) is 4.79 Å². The number of nitrogens with one attached hydrogen (secondary N) is 1. The molecule has 0 saturated carbocycles. The van der Waals surface area contributed by atoms with E-state index in [1.807, 2.05) is 17.9 Å². The zero-order valence-electron chi connectivity index (χ0n) is 13.0. The van der Waals surface area contributed by atoms with Crippen LogP contribution < -0.4 is 10.1 Å². The average Bonchev–Trinajstić information content (AvgIpc) is 2.86. The van der Waals surface area contributed by atoms with E-state index in [0.717, 1.165) is 24.1 Å². The Kier molecular flexibility index (Phi) is 4.73. The molecule has 7 heteroatoms. The highest BCUT2D eigenvalue weighted by Crippen LogP contribution is 2.39. The third-order valence-electron chi connectivity index (χ3n) is 4.12. The fourth-order valence-corrected chi connectivity index (χ4v) is 3.15. The number of ether oxygens (including phenoxy) is 1. The first-order chi connectivity index (χ1) is 11.2. The Morgan fingerprint density at radius 3 is 3.04 bits per heavy atom. The quantitative estimate of drug-likeness (QED) is 0.780. The van der Waals surface area contributed by atoms with Crippen LogP contribution in [0.3, 0.4) is 0 Å². The van der Waals surface area contributed by atoms with Gasteiger partial charge >= 0.3 is 0 Å². The van der Waals surface area contributed by atoms with E-state index >= 15 is 0 Å². The number of hydrogen-bond acceptors (Lipinski definition) is 5. The monoisotopic (exact) mass is 337 g/mol. The summed E-state index contributed by atoms with van der Waals surface area (Å²) < 4.78 is 5.70. The highest BCUT2D eigenvalue weighted by molar-refractivity contribution is 6.33. The third-order valence-corrected chi connectivity index (χ3v) is 4.53. The minimum absolute atomic E-state index is 0.0179. The van der Waals surface area contributed by atoms with E-state index in [0.29, 0.717) is 36.3 Å². The molecule has 6 nitrogen and oxygen atoms in total. The molecular weight excluding hydrogens is 318 g/mol. The van der Waals surface area contributed by atoms with Gasteiger partial charge in [0.1, 0.15) is 11.8 Å². The Bertz CT molecular complexity index is 648. The Balaban J connectivity index is 1.81. The van der Waals surface area contributed by atoms with Crippen LogP contribution in [0.1, 0.15) is 31.7 Å². The number of carbonyl (C=O) groups is 1. The molecule has 0 radical (unpaired) electrons. The average molecular weight is 338 g/mol. The SMILES string of the molecule is CCC1C(=O)NC2=Nc3ccc(OCCCCO)c(Cl)c3CN21. The molecule has 2 aliphatic heterocycles. The summed E-state index contributed by atoms with van der Waals surface area (Å²) in [5.74, 6) is 1.20. The second-order valence-electron chi connectivity index (χ2n) is 5.63. The number of carbonyl (C=O) groups excluding carboxylic acids is 1. The number of amides is 1. The summed E-state index contributed by atoms with van der Waals surface area (Å²) in [4.78, 5) is 18.4. The molecule has 1 amide bonds. The van der Waals surface area contributed by atoms with Crippen LogP contribution in [-0.4, -0.2) is 41.1 Å². The molecule has 1 saturated heterocycles. The standard InChI is InChI=1S/C16H20ClN3O3/c1-2-12-15(22)19-16-18-11-5-6-13(23-8-4-3-7-21)14(17)10(11)9-20(12)16/h5-6,12,21H,2-4,7-9H2,1H3,(H,18,19,22). The van der Waals surface area contributed by atoms with Gasteiger partial charge in [-0.25, -0.2) is 4.99 Å². The fraction of sp³-hybridized carbons (Fsp3) is 0.500. The van der Waals surface area contributed by atoms with Gasteiger partial charge in [0.2, 0.25) is 11.9 Å². The van der Waals surface area contributed by atoms with Gasteiger partial charge in [-0.2, -0.15) is 0 Å². The number of aliphatic hydroxyl groups excluding tert-OH is 1. The van der Waals surface area contributed by atoms with Gasteiger partial charge in [0.05, 0.1) is 23.9 Å². The lowest BCUT2D eigenvalue weighted by Crippen LogP contribution is -2.36. The number of fused-ring (bicyclic) bond motifs is 2. The minimum atomic E-state index is -0.202. The molecule has 0 aliphatic carbocycles. The van der Waals surface area contributed by atoms with Crippen LogP contribution in [-0.2, 0) is 11.3 Å². The van der Waals surface area contributed by atoms with Crippen LogP contribution in [0.4, 0.5) is 5.69 Å². The van der Waals surface area contributed by atoms with Crippen LogP contribution in [0.15, 0.2) is 17.1 Å². The first kappa shape index (κ1) is 16.1. The molecule has 124 valence electrons. The summed E-state index contributed by atoms with van der Waals surface area (Å²) in [5, 5.41) is 12.2. The molecule has 2 N–H and O–H groups in total. The molecule has 23 heavy (non-hydrogen) atoms. The number of halogens is 1. The van der Waals surface area contributed by atoms with E-state index in [1.54, 1.807) is 6.07 Å². The van der Waals surface area contributed by atoms with Gasteiger partial charge in [-0.15, -0.1) is 0 Å². The molecule has 1 atom stereocenters. The van der Waals surface area contributed by atoms with Gasteiger partial charge < -0.3 is 14.7 Å². The van der Waals surface area contributed by atoms with Gasteiger partial charge in [-0.05, 0) is 31.4 Å². The summed E-state index contributed by atoms with van der Waals surface area (Å²) in [5.41, 5.74) is 1.64. The minimum Gasteiger partial charge on any atom is -0.492 e. The summed E-state index contributed by atoms with van der Waals surface area (Å²) in [6.45, 7) is 3.19. The normalized spacial score (nSPS) is 19.1. The summed E-state index contributed by atoms with van der Waals surface area (Å²) in [6.07, 6.45) is 2.19. The molecule has 0 aromatic heterocycles. The van der Waals surface area contributed by atoms with Gasteiger partial charge in [-0.1, -0.05) is 18.5 Å². The summed E-state index contributed by atoms with van der Waals surface area (Å²) in [6, 6.07) is 3.46. The largest absolute Gasteiger partial charge is 0.492 e. The molecule has 1 aromatic rings. The van der Waals surface area contributed by atoms with Crippen molar-refractivity contribution in [3.05, 3.63) is 22.7 Å². The maximum absolute atomic E-state index is 12.0. The van der Waals surface area contributed by atoms with E-state index in [4.69, 9.17) is 21.4 Å². The molecule has 1 aromatic carbocycles. The number of unbranched alkanes of at least 4 members (excludes halogenated alkanes) is 1. The van der Waals surface area contributed by atoms with Crippen molar-refractivity contribution in [2.24, 2.45) is 4.99 Å². The van der Waals surface area contributed by atoms with E-state index in [-0.39, 0.29) is 18.6 Å². The van der Waals surface area contributed by atoms with Crippen molar-refractivity contribution in [2.75, 3.05) is 13.2 Å². The number of guanidine groups is 1. The number of aliphatic hydroxyl groups is 1. The third kappa shape index (κ3) is 3.01. The molecule has 3 rings (SSSR count). The molecule has 1 fully saturated rings. The highest BCUT2D eigenvalue weighted by atomic mass is 35.5. The van der Waals surface area contributed by atoms with Crippen LogP contribution in [0.25, 0.3) is 0 Å². The van der Waals surface area contributed by atoms with Crippen molar-refractivity contribution in [1.82, 2.24) is 10.2 Å². The van der Waals surface area contributed by atoms with E-state index < -0.39 is 0 Å². The maximum atomic E-state index is 12.0. The van der Waals surface area contributed by atoms with Crippen molar-refractivity contribution >= 4 is 29.2 Å². The second-order valence-corrected chi connectivity index (χ2v) is 6.01. The zero-order valence-corrected chi connectivity index (χ0v) is 13.8. The van der Waals surface area contributed by atoms with Crippen LogP contribution in [0.5, 0.6) is 5.75 Å². The summed E-state index contributed by atoms with van der Waals surface area (Å²) in [7, 11) is 0. The lowest BCUT2D eigenvalue weighted by Gasteiger charge is -2.28. The smallest absolute Gasteiger partial charge is 0.249 e. The molecule has 2 aliphatic rings. The molecule has 0 bridgehead atoms. The Morgan fingerprint density at radius 1 is 1.48 bits per heavy atom. The predicted molar refractivity (Wildman–Crippen MR) is 88.1 cm³/mol. The van der Waals surface area contributed by atoms with Gasteiger partial charge in [0, 0.05) is 12.2 Å². The van der Waals surface area contributed by atoms with Gasteiger partial charge in [0.15, 0.2) is 0 Å². The van der Waals surface area contributed by atoms with Crippen LogP contribution in [0.2, 0.25) is 5.02 Å². The van der Waals surface area contributed by atoms with Gasteiger partial charge in [0.25, 0.3) is 0 Å². The van der Waals surface area contributed by atoms with Crippen molar-refractivity contribution in [1.29, 1.82) is 0 Å². The summed E-state index contributed by atoms with van der Waals surface area (Å²) >= 11 is 6.48. The molecule has 2 heterocycles. The molecule has 1 unspecified atom stereocenters. The highest BCUT2D eigenvalue weighted by Gasteiger charge is 2.38. The first-order valence-electron chi connectivity index (χ1n) is 7.87. The van der Waals surface area contributed by atoms with Crippen LogP contribution >= 0.6 is 11.6 Å². The number of hydrogen-bond donors (Lipinski definition) is 2. The second kappa shape index (κ2) is 6.76. The van der Waals surface area contributed by atoms with Crippen LogP contribution in [0, 0.1) is 0 Å². The van der Waals surface area contributed by atoms with Crippen molar-refractivity contribution < 1.29 is 14.6 Å². The number of nitrogens with zero attached hydrogens (tertiary/aromatic N) is 2. The Morgan fingerprint density at radius 2 is 2.30 bits per heavy atom. The number of benzene rings is 1. The fourth-order valence-electron chi connectivity index (χ4n) is 2.87. The lowest BCUT2D eigenvalue weighted by atomic mass is 10.1. The number of rotatable bonds is 6. The topological polar surface area (TPSA) is 74.2 Å². The van der Waals surface area contributed by atoms with E-state index in [2.05, 4.69) is 10.3 Å². The van der Waals surface area contributed by atoms with Crippen molar-refractivity contribution in [3.63, 3.8) is 0 Å². The first-order valence-corrected chi connectivity index (χ1v) is 8.24. The van der Waals surface area contributed by atoms with Crippen molar-refractivity contribution in [3.8, 4) is 5.75 Å². The van der Waals surface area contributed by atoms with E-state index in [1.165, 1.54) is 0 Å². The number of aliphatic imine (C=N–C) groups is 1. The molecule has 0 spiro atoms. The molecular formula is C16H20ClN3O3. The maximum Gasteiger partial charge on any atom is 0.249 e. The lowest BCUT2D eigenvalue weighted by molar-refractivity contribution is -0.121. The van der Waals surface area contributed by atoms with Crippen molar-refractivity contribution in [2.45, 2.75) is 38.8 Å². The predicted octanol–water partition coefficient (Wildman–Crippen LogP) is 2.20. The Labute approximate surface area is 140 Å².